The van der Waals surface area contributed by atoms with E-state index in [1.54, 1.807) is 0 Å². The molecule has 0 fully saturated rings. The van der Waals surface area contributed by atoms with Gasteiger partial charge in [0, 0.05) is 28.7 Å². The Labute approximate surface area is 182 Å². The Morgan fingerprint density at radius 3 is 2.00 bits per heavy atom. The van der Waals surface area contributed by atoms with Crippen molar-refractivity contribution in [1.82, 2.24) is 0 Å². The molecular formula is C22H8Br4. The van der Waals surface area contributed by atoms with Crippen molar-refractivity contribution in [1.29, 1.82) is 0 Å². The number of hydrogen-bond acceptors (Lipinski definition) is 0. The fourth-order valence-corrected chi connectivity index (χ4v) is 7.07. The zero-order valence-electron chi connectivity index (χ0n) is 13.1. The highest BCUT2D eigenvalue weighted by molar-refractivity contribution is 9.14. The molecule has 0 aliphatic heterocycles. The molecule has 0 aliphatic rings. The summed E-state index contributed by atoms with van der Waals surface area (Å²) in [4.78, 5) is 0. The summed E-state index contributed by atoms with van der Waals surface area (Å²) >= 11 is 15.2. The van der Waals surface area contributed by atoms with Gasteiger partial charge < -0.3 is 0 Å². The first kappa shape index (κ1) is 16.1. The lowest BCUT2D eigenvalue weighted by atomic mass is 9.87. The van der Waals surface area contributed by atoms with Crippen molar-refractivity contribution in [3.63, 3.8) is 0 Å². The molecule has 0 bridgehead atoms. The van der Waals surface area contributed by atoms with Gasteiger partial charge in [-0.3, -0.25) is 0 Å². The van der Waals surface area contributed by atoms with Gasteiger partial charge in [-0.25, -0.2) is 0 Å². The Morgan fingerprint density at radius 1 is 0.462 bits per heavy atom. The fraction of sp³-hybridized carbons (Fsp3) is 0. The summed E-state index contributed by atoms with van der Waals surface area (Å²) in [5.74, 6) is 0. The van der Waals surface area contributed by atoms with Crippen LogP contribution in [0.3, 0.4) is 0 Å². The summed E-state index contributed by atoms with van der Waals surface area (Å²) in [6.45, 7) is 0. The van der Waals surface area contributed by atoms with Gasteiger partial charge in [0.2, 0.25) is 0 Å². The Balaban J connectivity index is 2.12. The van der Waals surface area contributed by atoms with Gasteiger partial charge in [0.05, 0.1) is 0 Å². The van der Waals surface area contributed by atoms with Crippen LogP contribution in [0.2, 0.25) is 0 Å². The Kier molecular flexibility index (Phi) is 3.28. The first-order chi connectivity index (χ1) is 12.6. The van der Waals surface area contributed by atoms with Crippen molar-refractivity contribution in [2.45, 2.75) is 0 Å². The van der Waals surface area contributed by atoms with Gasteiger partial charge in [-0.2, -0.15) is 0 Å². The van der Waals surface area contributed by atoms with E-state index in [2.05, 4.69) is 112 Å². The van der Waals surface area contributed by atoms with Crippen LogP contribution in [0.25, 0.3) is 53.9 Å². The molecule has 0 N–H and O–H groups in total. The van der Waals surface area contributed by atoms with Gasteiger partial charge in [0.25, 0.3) is 0 Å². The molecule has 0 saturated heterocycles. The smallest absolute Gasteiger partial charge is 0.0472 e. The van der Waals surface area contributed by atoms with E-state index in [0.29, 0.717) is 0 Å². The number of benzene rings is 6. The summed E-state index contributed by atoms with van der Waals surface area (Å²) < 4.78 is 4.30. The number of hydrogen-bond donors (Lipinski definition) is 0. The van der Waals surface area contributed by atoms with Gasteiger partial charge in [-0.15, -0.1) is 0 Å². The highest BCUT2D eigenvalue weighted by Gasteiger charge is 2.21. The van der Waals surface area contributed by atoms with Crippen molar-refractivity contribution >= 4 is 118 Å². The molecular weight excluding hydrogens is 584 g/mol. The Morgan fingerprint density at radius 2 is 1.15 bits per heavy atom. The molecule has 6 rings (SSSR count). The van der Waals surface area contributed by atoms with Gasteiger partial charge in [0.1, 0.15) is 0 Å². The average molecular weight is 592 g/mol. The molecule has 6 aromatic carbocycles. The molecule has 0 unspecified atom stereocenters. The maximum atomic E-state index is 3.82. The van der Waals surface area contributed by atoms with Crippen LogP contribution in [0.5, 0.6) is 0 Å². The van der Waals surface area contributed by atoms with E-state index < -0.39 is 0 Å². The van der Waals surface area contributed by atoms with Crippen LogP contribution >= 0.6 is 63.7 Å². The maximum absolute atomic E-state index is 3.82. The van der Waals surface area contributed by atoms with Gasteiger partial charge in [-0.05, 0) is 109 Å². The van der Waals surface area contributed by atoms with E-state index in [0.717, 1.165) is 17.9 Å². The van der Waals surface area contributed by atoms with Crippen molar-refractivity contribution in [2.24, 2.45) is 0 Å². The summed E-state index contributed by atoms with van der Waals surface area (Å²) in [5, 5.41) is 12.9. The SMILES string of the molecule is Brc1c(Br)c2cc3ccc4cccc5cc6cc(Br)c(c1Br)c2c6c3c45. The highest BCUT2D eigenvalue weighted by Crippen LogP contribution is 2.51. The third-order valence-corrected chi connectivity index (χ3v) is 9.49. The van der Waals surface area contributed by atoms with Gasteiger partial charge >= 0.3 is 0 Å². The minimum Gasteiger partial charge on any atom is -0.0610 e. The minimum absolute atomic E-state index is 1.04. The van der Waals surface area contributed by atoms with Crippen LogP contribution in [0.15, 0.2) is 66.4 Å². The predicted octanol–water partition coefficient (Wildman–Crippen LogP) is 9.38. The summed E-state index contributed by atoms with van der Waals surface area (Å²) in [6.07, 6.45) is 0. The maximum Gasteiger partial charge on any atom is 0.0472 e. The molecule has 0 radical (unpaired) electrons. The second kappa shape index (κ2) is 5.32. The van der Waals surface area contributed by atoms with Crippen LogP contribution in [0.4, 0.5) is 0 Å². The highest BCUT2D eigenvalue weighted by atomic mass is 79.9. The second-order valence-electron chi connectivity index (χ2n) is 6.69. The largest absolute Gasteiger partial charge is 0.0610 e. The van der Waals surface area contributed by atoms with Crippen LogP contribution in [0, 0.1) is 0 Å². The van der Waals surface area contributed by atoms with Crippen LogP contribution < -0.4 is 0 Å². The normalized spacial score (nSPS) is 12.6. The van der Waals surface area contributed by atoms with Gasteiger partial charge in [0.15, 0.2) is 0 Å². The fourth-order valence-electron chi connectivity index (χ4n) is 4.36. The lowest BCUT2D eigenvalue weighted by Gasteiger charge is -2.20. The molecule has 0 saturated carbocycles. The topological polar surface area (TPSA) is 0 Å². The summed E-state index contributed by atoms with van der Waals surface area (Å²) in [6, 6.07) is 17.9. The molecule has 6 aromatic rings. The zero-order chi connectivity index (χ0) is 17.7. The first-order valence-electron chi connectivity index (χ1n) is 8.14. The van der Waals surface area contributed by atoms with Crippen LogP contribution in [0.1, 0.15) is 0 Å². The quantitative estimate of drug-likeness (QED) is 0.0938. The monoisotopic (exact) mass is 588 g/mol. The van der Waals surface area contributed by atoms with E-state index in [4.69, 9.17) is 0 Å². The second-order valence-corrected chi connectivity index (χ2v) is 9.93. The van der Waals surface area contributed by atoms with Crippen LogP contribution in [-0.2, 0) is 0 Å². The zero-order valence-corrected chi connectivity index (χ0v) is 19.5. The lowest BCUT2D eigenvalue weighted by molar-refractivity contribution is 1.64. The Bertz CT molecular complexity index is 1510. The third-order valence-electron chi connectivity index (χ3n) is 5.39. The molecule has 0 heterocycles. The summed E-state index contributed by atoms with van der Waals surface area (Å²) in [5.41, 5.74) is 0. The molecule has 0 spiro atoms. The number of rotatable bonds is 0. The van der Waals surface area contributed by atoms with E-state index in [-0.39, 0.29) is 0 Å². The standard InChI is InChI=1S/C22H8Br4/c23-14-8-12-6-10-3-1-2-9-4-5-11-7-13-18(17(12)16(11)15(9)10)19(14)21(25)22(26)20(13)24/h1-8H. The average Bonchev–Trinajstić information content (AvgIpc) is 2.64. The first-order valence-corrected chi connectivity index (χ1v) is 11.3. The molecule has 4 heteroatoms. The van der Waals surface area contributed by atoms with Crippen molar-refractivity contribution in [3.05, 3.63) is 66.4 Å². The van der Waals surface area contributed by atoms with E-state index >= 15 is 0 Å². The van der Waals surface area contributed by atoms with Crippen molar-refractivity contribution < 1.29 is 0 Å². The molecule has 124 valence electrons. The molecule has 0 atom stereocenters. The molecule has 0 amide bonds. The minimum atomic E-state index is 1.04. The predicted molar refractivity (Wildman–Crippen MR) is 127 cm³/mol. The van der Waals surface area contributed by atoms with Gasteiger partial charge in [-0.1, -0.05) is 46.3 Å². The van der Waals surface area contributed by atoms with E-state index in [1.165, 1.54) is 53.9 Å². The number of halogens is 4. The molecule has 26 heavy (non-hydrogen) atoms. The Hall–Kier alpha value is -0.940. The van der Waals surface area contributed by atoms with Crippen molar-refractivity contribution in [2.75, 3.05) is 0 Å². The molecule has 0 aliphatic carbocycles. The summed E-state index contributed by atoms with van der Waals surface area (Å²) in [7, 11) is 0. The molecule has 0 nitrogen and oxygen atoms in total. The van der Waals surface area contributed by atoms with E-state index in [1.807, 2.05) is 0 Å². The van der Waals surface area contributed by atoms with E-state index in [9.17, 15) is 0 Å². The lowest BCUT2D eigenvalue weighted by Crippen LogP contribution is -1.92. The molecule has 0 aromatic heterocycles. The van der Waals surface area contributed by atoms with Crippen LogP contribution in [-0.4, -0.2) is 0 Å². The van der Waals surface area contributed by atoms with Crippen molar-refractivity contribution in [3.8, 4) is 0 Å². The third kappa shape index (κ3) is 1.84.